The number of aryl methyl sites for hydroxylation is 1. The highest BCUT2D eigenvalue weighted by atomic mass is 32.2. The van der Waals surface area contributed by atoms with Gasteiger partial charge >= 0.3 is 0 Å². The van der Waals surface area contributed by atoms with Crippen molar-refractivity contribution in [3.05, 3.63) is 72.1 Å². The van der Waals surface area contributed by atoms with Crippen molar-refractivity contribution >= 4 is 38.4 Å². The minimum Gasteiger partial charge on any atom is -0.362 e. The first-order valence-corrected chi connectivity index (χ1v) is 11.7. The van der Waals surface area contributed by atoms with E-state index in [0.29, 0.717) is 17.2 Å². The van der Waals surface area contributed by atoms with Gasteiger partial charge in [0.2, 0.25) is 0 Å². The molecule has 0 fully saturated rings. The lowest BCUT2D eigenvalue weighted by Gasteiger charge is -2.16. The molecule has 0 spiro atoms. The zero-order chi connectivity index (χ0) is 22.9. The Balaban J connectivity index is 1.50. The van der Waals surface area contributed by atoms with Crippen molar-refractivity contribution in [1.82, 2.24) is 19.7 Å². The van der Waals surface area contributed by atoms with Crippen LogP contribution in [-0.2, 0) is 16.9 Å². The van der Waals surface area contributed by atoms with Crippen LogP contribution >= 0.6 is 0 Å². The van der Waals surface area contributed by atoms with Gasteiger partial charge in [0.05, 0.1) is 23.3 Å². The van der Waals surface area contributed by atoms with Gasteiger partial charge in [0, 0.05) is 24.6 Å². The average Bonchev–Trinajstić information content (AvgIpc) is 3.13. The van der Waals surface area contributed by atoms with E-state index in [4.69, 9.17) is 0 Å². The van der Waals surface area contributed by atoms with Gasteiger partial charge in [-0.15, -0.1) is 0 Å². The van der Waals surface area contributed by atoms with Gasteiger partial charge in [0.1, 0.15) is 11.3 Å². The van der Waals surface area contributed by atoms with Crippen molar-refractivity contribution in [3.8, 4) is 0 Å². The Bertz CT molecular complexity index is 1410. The third-order valence-electron chi connectivity index (χ3n) is 4.97. The van der Waals surface area contributed by atoms with Crippen molar-refractivity contribution in [2.24, 2.45) is 7.05 Å². The van der Waals surface area contributed by atoms with E-state index in [1.165, 1.54) is 12.1 Å². The van der Waals surface area contributed by atoms with Crippen LogP contribution in [-0.4, -0.2) is 40.3 Å². The van der Waals surface area contributed by atoms with Gasteiger partial charge in [-0.2, -0.15) is 5.10 Å². The minimum absolute atomic E-state index is 0.100. The zero-order valence-corrected chi connectivity index (χ0v) is 18.6. The third kappa shape index (κ3) is 4.59. The number of carbonyl (C=O) groups excluding carboxylic acids is 1. The predicted molar refractivity (Wildman–Crippen MR) is 122 cm³/mol. The first-order chi connectivity index (χ1) is 15.2. The molecule has 0 aliphatic heterocycles. The van der Waals surface area contributed by atoms with Gasteiger partial charge in [0.25, 0.3) is 5.91 Å². The maximum atomic E-state index is 12.6. The molecule has 2 aromatic carbocycles. The highest BCUT2D eigenvalue weighted by Gasteiger charge is 2.13. The van der Waals surface area contributed by atoms with E-state index >= 15 is 0 Å². The number of anilines is 2. The van der Waals surface area contributed by atoms with Crippen LogP contribution in [0.2, 0.25) is 0 Å². The fourth-order valence-electron chi connectivity index (χ4n) is 3.25. The molecule has 0 aliphatic carbocycles. The fraction of sp³-hybridized carbons (Fsp3) is 0.182. The number of sulfone groups is 1. The molecule has 1 amide bonds. The lowest BCUT2D eigenvalue weighted by atomic mass is 10.1. The summed E-state index contributed by atoms with van der Waals surface area (Å²) in [6.45, 7) is 1.98. The van der Waals surface area contributed by atoms with Gasteiger partial charge in [0.15, 0.2) is 15.5 Å². The molecule has 0 aliphatic rings. The van der Waals surface area contributed by atoms with Gasteiger partial charge < -0.3 is 10.6 Å². The smallest absolute Gasteiger partial charge is 0.255 e. The summed E-state index contributed by atoms with van der Waals surface area (Å²) in [4.78, 5) is 21.7. The first kappa shape index (κ1) is 21.4. The van der Waals surface area contributed by atoms with Gasteiger partial charge in [-0.3, -0.25) is 4.79 Å². The predicted octanol–water partition coefficient (Wildman–Crippen LogP) is 3.19. The van der Waals surface area contributed by atoms with Crippen LogP contribution in [0.1, 0.15) is 28.9 Å². The standard InChI is InChI=1S/C22H22N6O3S/c1-14(25-20-13-23-19-12-24-28(2)21(19)27-20)15-6-4-8-17(10-15)26-22(29)16-7-5-9-18(11-16)32(3,30)31/h4-14H,1-3H3,(H,25,27)(H,26,29)/t14-/m0/s1. The van der Waals surface area contributed by atoms with Crippen molar-refractivity contribution < 1.29 is 13.2 Å². The molecule has 2 N–H and O–H groups in total. The van der Waals surface area contributed by atoms with E-state index < -0.39 is 9.84 Å². The van der Waals surface area contributed by atoms with Crippen LogP contribution < -0.4 is 10.6 Å². The summed E-state index contributed by atoms with van der Waals surface area (Å²) in [5.74, 6) is 0.224. The summed E-state index contributed by atoms with van der Waals surface area (Å²) in [5.41, 5.74) is 3.19. The molecule has 4 aromatic rings. The Labute approximate surface area is 185 Å². The topological polar surface area (TPSA) is 119 Å². The monoisotopic (exact) mass is 450 g/mol. The highest BCUT2D eigenvalue weighted by molar-refractivity contribution is 7.90. The van der Waals surface area contributed by atoms with Gasteiger partial charge in [-0.1, -0.05) is 18.2 Å². The Kier molecular flexibility index (Phi) is 5.62. The lowest BCUT2D eigenvalue weighted by molar-refractivity contribution is 0.102. The molecule has 9 nitrogen and oxygen atoms in total. The summed E-state index contributed by atoms with van der Waals surface area (Å²) in [5, 5.41) is 10.3. The van der Waals surface area contributed by atoms with E-state index in [2.05, 4.69) is 25.7 Å². The number of benzene rings is 2. The minimum atomic E-state index is -3.40. The molecule has 164 valence electrons. The molecule has 0 saturated heterocycles. The SMILES string of the molecule is C[C@H](Nc1cnc2cnn(C)c2n1)c1cccc(NC(=O)c2cccc(S(C)(=O)=O)c2)c1. The normalized spacial score (nSPS) is 12.5. The molecule has 0 unspecified atom stereocenters. The molecule has 0 bridgehead atoms. The van der Waals surface area contributed by atoms with E-state index in [1.54, 1.807) is 35.3 Å². The molecule has 32 heavy (non-hydrogen) atoms. The number of amides is 1. The number of aromatic nitrogens is 4. The maximum absolute atomic E-state index is 12.6. The summed E-state index contributed by atoms with van der Waals surface area (Å²) >= 11 is 0. The summed E-state index contributed by atoms with van der Waals surface area (Å²) in [6.07, 6.45) is 4.42. The second-order valence-electron chi connectivity index (χ2n) is 7.48. The number of hydrogen-bond acceptors (Lipinski definition) is 7. The lowest BCUT2D eigenvalue weighted by Crippen LogP contribution is -2.14. The third-order valence-corrected chi connectivity index (χ3v) is 6.08. The van der Waals surface area contributed by atoms with E-state index in [0.717, 1.165) is 17.3 Å². The molecular formula is C22H22N6O3S. The van der Waals surface area contributed by atoms with Crippen LogP contribution in [0.4, 0.5) is 11.5 Å². The van der Waals surface area contributed by atoms with Gasteiger partial charge in [-0.25, -0.2) is 23.1 Å². The van der Waals surface area contributed by atoms with Crippen molar-refractivity contribution in [2.75, 3.05) is 16.9 Å². The first-order valence-electron chi connectivity index (χ1n) is 9.83. The second-order valence-corrected chi connectivity index (χ2v) is 9.49. The summed E-state index contributed by atoms with van der Waals surface area (Å²) in [7, 11) is -1.59. The largest absolute Gasteiger partial charge is 0.362 e. The molecular weight excluding hydrogens is 428 g/mol. The van der Waals surface area contributed by atoms with Crippen LogP contribution in [0.3, 0.4) is 0 Å². The Hall–Kier alpha value is -3.79. The molecule has 2 heterocycles. The number of carbonyl (C=O) groups is 1. The number of nitrogens with zero attached hydrogens (tertiary/aromatic N) is 4. The second kappa shape index (κ2) is 8.39. The Morgan fingerprint density at radius 2 is 1.88 bits per heavy atom. The van der Waals surface area contributed by atoms with E-state index in [9.17, 15) is 13.2 Å². The van der Waals surface area contributed by atoms with Crippen LogP contribution in [0.25, 0.3) is 11.2 Å². The molecule has 4 rings (SSSR count). The molecule has 0 radical (unpaired) electrons. The summed E-state index contributed by atoms with van der Waals surface area (Å²) < 4.78 is 25.2. The van der Waals surface area contributed by atoms with Crippen molar-refractivity contribution in [2.45, 2.75) is 17.9 Å². The number of rotatable bonds is 6. The quantitative estimate of drug-likeness (QED) is 0.463. The van der Waals surface area contributed by atoms with E-state index in [-0.39, 0.29) is 22.4 Å². The van der Waals surface area contributed by atoms with Crippen LogP contribution in [0.5, 0.6) is 0 Å². The number of nitrogens with one attached hydrogen (secondary N) is 2. The Morgan fingerprint density at radius 3 is 2.66 bits per heavy atom. The van der Waals surface area contributed by atoms with Crippen LogP contribution in [0, 0.1) is 0 Å². The Morgan fingerprint density at radius 1 is 1.09 bits per heavy atom. The zero-order valence-electron chi connectivity index (χ0n) is 17.8. The van der Waals surface area contributed by atoms with Crippen LogP contribution in [0.15, 0.2) is 65.8 Å². The molecule has 1 atom stereocenters. The van der Waals surface area contributed by atoms with Crippen molar-refractivity contribution in [1.29, 1.82) is 0 Å². The number of fused-ring (bicyclic) bond motifs is 1. The van der Waals surface area contributed by atoms with Crippen molar-refractivity contribution in [3.63, 3.8) is 0 Å². The molecule has 10 heteroatoms. The number of hydrogen-bond donors (Lipinski definition) is 2. The molecule has 2 aromatic heterocycles. The van der Waals surface area contributed by atoms with Gasteiger partial charge in [-0.05, 0) is 42.8 Å². The average molecular weight is 451 g/mol. The molecule has 0 saturated carbocycles. The fourth-order valence-corrected chi connectivity index (χ4v) is 3.91. The maximum Gasteiger partial charge on any atom is 0.255 e. The highest BCUT2D eigenvalue weighted by Crippen LogP contribution is 2.22. The van der Waals surface area contributed by atoms with E-state index in [1.807, 2.05) is 32.2 Å². The summed E-state index contributed by atoms with van der Waals surface area (Å²) in [6, 6.07) is 13.2.